The van der Waals surface area contributed by atoms with Gasteiger partial charge in [-0.3, -0.25) is 0 Å². The molecule has 0 aliphatic rings. The summed E-state index contributed by atoms with van der Waals surface area (Å²) < 4.78 is 0. The summed E-state index contributed by atoms with van der Waals surface area (Å²) in [5.74, 6) is -0.301. The van der Waals surface area contributed by atoms with Gasteiger partial charge in [0.25, 0.3) is 0 Å². The Labute approximate surface area is 116 Å². The molecule has 1 heterocycles. The molecule has 0 unspecified atom stereocenters. The molecule has 0 saturated heterocycles. The van der Waals surface area contributed by atoms with Crippen LogP contribution in [-0.2, 0) is 6.42 Å². The number of carbonyl (C=O) groups is 1. The predicted molar refractivity (Wildman–Crippen MR) is 77.7 cm³/mol. The van der Waals surface area contributed by atoms with E-state index in [0.717, 1.165) is 23.4 Å². The lowest BCUT2D eigenvalue weighted by Crippen LogP contribution is -1.95. The average molecular weight is 275 g/mol. The maximum atomic E-state index is 11.3. The molecule has 1 aromatic heterocycles. The van der Waals surface area contributed by atoms with Gasteiger partial charge in [-0.15, -0.1) is 11.3 Å². The molecule has 0 fully saturated rings. The minimum Gasteiger partial charge on any atom is -0.477 e. The molecule has 0 spiro atoms. The van der Waals surface area contributed by atoms with E-state index in [-0.39, 0.29) is 0 Å². The second kappa shape index (κ2) is 5.97. The summed E-state index contributed by atoms with van der Waals surface area (Å²) in [6, 6.07) is 9.50. The molecule has 100 valence electrons. The van der Waals surface area contributed by atoms with E-state index in [4.69, 9.17) is 0 Å². The molecule has 2 rings (SSSR count). The molecule has 3 nitrogen and oxygen atoms in total. The highest BCUT2D eigenvalue weighted by atomic mass is 32.1. The van der Waals surface area contributed by atoms with Gasteiger partial charge in [0.15, 0.2) is 0 Å². The van der Waals surface area contributed by atoms with Crippen LogP contribution in [0.2, 0.25) is 0 Å². The lowest BCUT2D eigenvalue weighted by atomic mass is 10.1. The number of aryl methyl sites for hydroxylation is 1. The fourth-order valence-electron chi connectivity index (χ4n) is 1.82. The molecule has 0 bridgehead atoms. The molecule has 19 heavy (non-hydrogen) atoms. The Kier molecular flexibility index (Phi) is 4.32. The highest BCUT2D eigenvalue weighted by molar-refractivity contribution is 7.14. The Bertz CT molecular complexity index is 561. The van der Waals surface area contributed by atoms with Gasteiger partial charge >= 0.3 is 5.97 Å². The number of thiazole rings is 1. The first-order valence-corrected chi connectivity index (χ1v) is 7.18. The largest absolute Gasteiger partial charge is 0.477 e. The molecule has 1 N–H and O–H groups in total. The van der Waals surface area contributed by atoms with Crippen LogP contribution >= 0.6 is 11.3 Å². The van der Waals surface area contributed by atoms with Crippen molar-refractivity contribution in [1.82, 2.24) is 4.98 Å². The molecule has 0 saturated carbocycles. The van der Waals surface area contributed by atoms with Gasteiger partial charge in [-0.05, 0) is 18.8 Å². The van der Waals surface area contributed by atoms with Gasteiger partial charge in [-0.1, -0.05) is 44.2 Å². The number of carboxylic acids is 1. The van der Waals surface area contributed by atoms with E-state index in [1.54, 1.807) is 0 Å². The summed E-state index contributed by atoms with van der Waals surface area (Å²) in [5.41, 5.74) is 1.46. The van der Waals surface area contributed by atoms with Crippen LogP contribution in [0.15, 0.2) is 30.3 Å². The lowest BCUT2D eigenvalue weighted by molar-refractivity contribution is 0.0702. The number of benzene rings is 1. The maximum Gasteiger partial charge on any atom is 0.348 e. The van der Waals surface area contributed by atoms with Crippen molar-refractivity contribution in [2.75, 3.05) is 0 Å². The Hall–Kier alpha value is -1.68. The number of rotatable bonds is 5. The third-order valence-electron chi connectivity index (χ3n) is 2.85. The van der Waals surface area contributed by atoms with E-state index >= 15 is 0 Å². The van der Waals surface area contributed by atoms with Crippen LogP contribution in [0.1, 0.15) is 34.9 Å². The lowest BCUT2D eigenvalue weighted by Gasteiger charge is -2.00. The van der Waals surface area contributed by atoms with Crippen molar-refractivity contribution in [3.8, 4) is 11.3 Å². The van der Waals surface area contributed by atoms with Gasteiger partial charge in [-0.25, -0.2) is 9.78 Å². The molecule has 0 aliphatic carbocycles. The zero-order valence-corrected chi connectivity index (χ0v) is 11.9. The fourth-order valence-corrected chi connectivity index (χ4v) is 2.76. The third kappa shape index (κ3) is 3.41. The van der Waals surface area contributed by atoms with E-state index in [2.05, 4.69) is 18.8 Å². The van der Waals surface area contributed by atoms with Gasteiger partial charge in [-0.2, -0.15) is 0 Å². The number of aromatic carboxylic acids is 1. The van der Waals surface area contributed by atoms with Crippen LogP contribution in [-0.4, -0.2) is 16.1 Å². The molecule has 1 aromatic carbocycles. The Balaban J connectivity index is 2.34. The molecular formula is C15H17NO2S. The first-order chi connectivity index (χ1) is 9.08. The molecule has 0 radical (unpaired) electrons. The topological polar surface area (TPSA) is 50.2 Å². The second-order valence-electron chi connectivity index (χ2n) is 4.89. The minimum absolute atomic E-state index is 0.338. The SMILES string of the molecule is CC(C)CCc1nc(-c2ccccc2)c(C(=O)O)s1. The minimum atomic E-state index is -0.896. The molecule has 0 aliphatic heterocycles. The summed E-state index contributed by atoms with van der Waals surface area (Å²) in [7, 11) is 0. The second-order valence-corrected chi connectivity index (χ2v) is 5.97. The quantitative estimate of drug-likeness (QED) is 0.893. The van der Waals surface area contributed by atoms with Crippen LogP contribution in [0.3, 0.4) is 0 Å². The van der Waals surface area contributed by atoms with Crippen molar-refractivity contribution in [3.63, 3.8) is 0 Å². The van der Waals surface area contributed by atoms with E-state index in [1.165, 1.54) is 11.3 Å². The van der Waals surface area contributed by atoms with E-state index < -0.39 is 5.97 Å². The normalized spacial score (nSPS) is 10.9. The van der Waals surface area contributed by atoms with Crippen LogP contribution in [0.25, 0.3) is 11.3 Å². The predicted octanol–water partition coefficient (Wildman–Crippen LogP) is 4.10. The smallest absolute Gasteiger partial charge is 0.348 e. The monoisotopic (exact) mass is 275 g/mol. The summed E-state index contributed by atoms with van der Waals surface area (Å²) in [6.45, 7) is 4.31. The standard InChI is InChI=1S/C15H17NO2S/c1-10(2)8-9-12-16-13(14(19-12)15(17)18)11-6-4-3-5-7-11/h3-7,10H,8-9H2,1-2H3,(H,17,18). The number of hydrogen-bond acceptors (Lipinski definition) is 3. The number of nitrogens with zero attached hydrogens (tertiary/aromatic N) is 1. The Morgan fingerprint density at radius 1 is 1.32 bits per heavy atom. The Morgan fingerprint density at radius 3 is 2.58 bits per heavy atom. The first-order valence-electron chi connectivity index (χ1n) is 6.36. The summed E-state index contributed by atoms with van der Waals surface area (Å²) in [6.07, 6.45) is 1.87. The van der Waals surface area contributed by atoms with Crippen LogP contribution < -0.4 is 0 Å². The number of hydrogen-bond donors (Lipinski definition) is 1. The van der Waals surface area contributed by atoms with Gasteiger partial charge in [0.1, 0.15) is 4.88 Å². The zero-order valence-electron chi connectivity index (χ0n) is 11.1. The van der Waals surface area contributed by atoms with Crippen molar-refractivity contribution >= 4 is 17.3 Å². The number of carboxylic acid groups (broad SMARTS) is 1. The van der Waals surface area contributed by atoms with E-state index in [9.17, 15) is 9.90 Å². The molecule has 0 amide bonds. The summed E-state index contributed by atoms with van der Waals surface area (Å²) >= 11 is 1.29. The first kappa shape index (κ1) is 13.7. The van der Waals surface area contributed by atoms with Crippen LogP contribution in [0, 0.1) is 5.92 Å². The maximum absolute atomic E-state index is 11.3. The highest BCUT2D eigenvalue weighted by Gasteiger charge is 2.18. The van der Waals surface area contributed by atoms with Gasteiger partial charge in [0.05, 0.1) is 10.7 Å². The van der Waals surface area contributed by atoms with Crippen LogP contribution in [0.4, 0.5) is 0 Å². The van der Waals surface area contributed by atoms with E-state index in [1.807, 2.05) is 30.3 Å². The third-order valence-corrected chi connectivity index (χ3v) is 3.95. The summed E-state index contributed by atoms with van der Waals surface area (Å²) in [5, 5.41) is 10.2. The zero-order chi connectivity index (χ0) is 13.8. The summed E-state index contributed by atoms with van der Waals surface area (Å²) in [4.78, 5) is 16.2. The Morgan fingerprint density at radius 2 is 2.00 bits per heavy atom. The fraction of sp³-hybridized carbons (Fsp3) is 0.333. The van der Waals surface area contributed by atoms with Crippen molar-refractivity contribution in [3.05, 3.63) is 40.2 Å². The number of aromatic nitrogens is 1. The van der Waals surface area contributed by atoms with Gasteiger partial charge in [0.2, 0.25) is 0 Å². The molecular weight excluding hydrogens is 258 g/mol. The van der Waals surface area contributed by atoms with Crippen molar-refractivity contribution in [2.24, 2.45) is 5.92 Å². The molecule has 4 heteroatoms. The van der Waals surface area contributed by atoms with Crippen molar-refractivity contribution in [1.29, 1.82) is 0 Å². The van der Waals surface area contributed by atoms with Crippen molar-refractivity contribution < 1.29 is 9.90 Å². The highest BCUT2D eigenvalue weighted by Crippen LogP contribution is 2.29. The van der Waals surface area contributed by atoms with Gasteiger partial charge in [0, 0.05) is 5.56 Å². The average Bonchev–Trinajstić information content (AvgIpc) is 2.82. The molecule has 0 atom stereocenters. The van der Waals surface area contributed by atoms with E-state index in [0.29, 0.717) is 16.5 Å². The van der Waals surface area contributed by atoms with Crippen LogP contribution in [0.5, 0.6) is 0 Å². The van der Waals surface area contributed by atoms with Gasteiger partial charge < -0.3 is 5.11 Å². The van der Waals surface area contributed by atoms with Crippen molar-refractivity contribution in [2.45, 2.75) is 26.7 Å². The molecule has 2 aromatic rings.